The zero-order chi connectivity index (χ0) is 10.1. The first-order valence-electron chi connectivity index (χ1n) is 4.37. The van der Waals surface area contributed by atoms with Crippen LogP contribution in [0.25, 0.3) is 0 Å². The topological polar surface area (TPSA) is 51.2 Å². The zero-order valence-electron chi connectivity index (χ0n) is 7.40. The van der Waals surface area contributed by atoms with Crippen LogP contribution in [0.3, 0.4) is 0 Å². The molecule has 0 amide bonds. The number of hydrogen-bond donors (Lipinski definition) is 0. The smallest absolute Gasteiger partial charge is 0.174 e. The molecule has 1 aliphatic rings. The van der Waals surface area contributed by atoms with Crippen molar-refractivity contribution in [3.05, 3.63) is 35.4 Å². The molecule has 1 aliphatic carbocycles. The molecule has 70 valence electrons. The van der Waals surface area contributed by atoms with E-state index in [0.29, 0.717) is 17.4 Å². The molecular formula is C11H8O3. The maximum absolute atomic E-state index is 11.6. The van der Waals surface area contributed by atoms with E-state index in [1.54, 1.807) is 24.3 Å². The minimum absolute atomic E-state index is 0.00759. The second-order valence-electron chi connectivity index (χ2n) is 3.23. The summed E-state index contributed by atoms with van der Waals surface area (Å²) in [6.45, 7) is 0. The summed E-state index contributed by atoms with van der Waals surface area (Å²) < 4.78 is 0. The lowest BCUT2D eigenvalue weighted by molar-refractivity contribution is -0.108. The Labute approximate surface area is 80.7 Å². The van der Waals surface area contributed by atoms with Crippen LogP contribution >= 0.6 is 0 Å². The van der Waals surface area contributed by atoms with Gasteiger partial charge in [0.2, 0.25) is 0 Å². The maximum Gasteiger partial charge on any atom is 0.174 e. The van der Waals surface area contributed by atoms with Crippen LogP contribution in [0, 0.1) is 5.92 Å². The van der Waals surface area contributed by atoms with Crippen molar-refractivity contribution in [3.8, 4) is 0 Å². The Kier molecular flexibility index (Phi) is 2.00. The molecule has 14 heavy (non-hydrogen) atoms. The Morgan fingerprint density at radius 1 is 1.07 bits per heavy atom. The number of carbonyl (C=O) groups excluding carboxylic acids is 3. The number of carbonyl (C=O) groups is 3. The van der Waals surface area contributed by atoms with Gasteiger partial charge in [-0.15, -0.1) is 0 Å². The monoisotopic (exact) mass is 188 g/mol. The van der Waals surface area contributed by atoms with Crippen molar-refractivity contribution in [1.29, 1.82) is 0 Å². The summed E-state index contributed by atoms with van der Waals surface area (Å²) in [5.41, 5.74) is 0.897. The second-order valence-corrected chi connectivity index (χ2v) is 3.23. The lowest BCUT2D eigenvalue weighted by atomic mass is 10.0. The van der Waals surface area contributed by atoms with Crippen LogP contribution in [0.15, 0.2) is 24.3 Å². The first kappa shape index (κ1) is 8.81. The Morgan fingerprint density at radius 2 is 1.57 bits per heavy atom. The molecule has 0 radical (unpaired) electrons. The van der Waals surface area contributed by atoms with Crippen LogP contribution in [-0.2, 0) is 4.79 Å². The van der Waals surface area contributed by atoms with Gasteiger partial charge in [0, 0.05) is 17.5 Å². The molecule has 1 aromatic rings. The van der Waals surface area contributed by atoms with Gasteiger partial charge >= 0.3 is 0 Å². The number of fused-ring (bicyclic) bond motifs is 1. The van der Waals surface area contributed by atoms with Gasteiger partial charge in [0.1, 0.15) is 6.29 Å². The fourth-order valence-corrected chi connectivity index (χ4v) is 1.72. The van der Waals surface area contributed by atoms with E-state index in [2.05, 4.69) is 0 Å². The maximum atomic E-state index is 11.6. The lowest BCUT2D eigenvalue weighted by Crippen LogP contribution is -2.15. The predicted molar refractivity (Wildman–Crippen MR) is 49.3 cm³/mol. The van der Waals surface area contributed by atoms with Gasteiger partial charge in [-0.1, -0.05) is 24.3 Å². The van der Waals surface area contributed by atoms with E-state index in [1.807, 2.05) is 0 Å². The third-order valence-electron chi connectivity index (χ3n) is 2.42. The van der Waals surface area contributed by atoms with Gasteiger partial charge in [0.25, 0.3) is 0 Å². The first-order valence-corrected chi connectivity index (χ1v) is 4.37. The normalized spacial score (nSPS) is 15.7. The third-order valence-corrected chi connectivity index (χ3v) is 2.42. The summed E-state index contributed by atoms with van der Waals surface area (Å²) in [4.78, 5) is 33.5. The fraction of sp³-hybridized carbons (Fsp3) is 0.182. The standard InChI is InChI=1S/C11H8O3/c12-6-5-9-10(13)7-3-1-2-4-8(7)11(9)14/h1-4,6,9H,5H2. The highest BCUT2D eigenvalue weighted by molar-refractivity contribution is 6.26. The Balaban J connectivity index is 2.48. The highest BCUT2D eigenvalue weighted by atomic mass is 16.2. The molecule has 0 aliphatic heterocycles. The number of rotatable bonds is 2. The van der Waals surface area contributed by atoms with Crippen LogP contribution in [0.2, 0.25) is 0 Å². The molecular weight excluding hydrogens is 180 g/mol. The summed E-state index contributed by atoms with van der Waals surface area (Å²) in [6, 6.07) is 6.68. The Bertz CT molecular complexity index is 385. The summed E-state index contributed by atoms with van der Waals surface area (Å²) in [5, 5.41) is 0. The third kappa shape index (κ3) is 1.09. The minimum Gasteiger partial charge on any atom is -0.303 e. The highest BCUT2D eigenvalue weighted by Crippen LogP contribution is 2.27. The van der Waals surface area contributed by atoms with Crippen LogP contribution < -0.4 is 0 Å². The number of Topliss-reactive ketones (excluding diaryl/α,β-unsaturated/α-hetero) is 2. The molecule has 0 unspecified atom stereocenters. The molecule has 0 saturated heterocycles. The SMILES string of the molecule is O=CCC1C(=O)c2ccccc2C1=O. The van der Waals surface area contributed by atoms with Crippen LogP contribution in [0.4, 0.5) is 0 Å². The van der Waals surface area contributed by atoms with Crippen molar-refractivity contribution in [1.82, 2.24) is 0 Å². The van der Waals surface area contributed by atoms with E-state index in [4.69, 9.17) is 0 Å². The quantitative estimate of drug-likeness (QED) is 0.518. The van der Waals surface area contributed by atoms with Gasteiger partial charge in [-0.3, -0.25) is 9.59 Å². The van der Waals surface area contributed by atoms with E-state index in [1.165, 1.54) is 0 Å². The van der Waals surface area contributed by atoms with E-state index in [9.17, 15) is 14.4 Å². The van der Waals surface area contributed by atoms with Crippen LogP contribution in [0.1, 0.15) is 27.1 Å². The molecule has 0 saturated carbocycles. The number of hydrogen-bond acceptors (Lipinski definition) is 3. The summed E-state index contributed by atoms with van der Waals surface area (Å²) in [5.74, 6) is -1.22. The van der Waals surface area contributed by atoms with E-state index >= 15 is 0 Å². The number of benzene rings is 1. The molecule has 0 atom stereocenters. The number of ketones is 2. The van der Waals surface area contributed by atoms with Gasteiger partial charge in [0.15, 0.2) is 11.6 Å². The molecule has 2 rings (SSSR count). The van der Waals surface area contributed by atoms with Crippen molar-refractivity contribution in [2.75, 3.05) is 0 Å². The van der Waals surface area contributed by atoms with Gasteiger partial charge in [-0.25, -0.2) is 0 Å². The fourth-order valence-electron chi connectivity index (χ4n) is 1.72. The highest BCUT2D eigenvalue weighted by Gasteiger charge is 2.37. The Morgan fingerprint density at radius 3 is 2.00 bits per heavy atom. The molecule has 0 heterocycles. The average Bonchev–Trinajstić information content (AvgIpc) is 2.45. The van der Waals surface area contributed by atoms with Gasteiger partial charge in [-0.2, -0.15) is 0 Å². The van der Waals surface area contributed by atoms with Crippen molar-refractivity contribution >= 4 is 17.9 Å². The minimum atomic E-state index is -0.773. The van der Waals surface area contributed by atoms with Crippen LogP contribution in [0.5, 0.6) is 0 Å². The van der Waals surface area contributed by atoms with Crippen molar-refractivity contribution in [2.24, 2.45) is 5.92 Å². The molecule has 0 spiro atoms. The van der Waals surface area contributed by atoms with Gasteiger partial charge < -0.3 is 4.79 Å². The largest absolute Gasteiger partial charge is 0.303 e. The van der Waals surface area contributed by atoms with E-state index in [0.717, 1.165) is 0 Å². The second kappa shape index (κ2) is 3.18. The Hall–Kier alpha value is -1.77. The molecule has 3 nitrogen and oxygen atoms in total. The molecule has 0 bridgehead atoms. The molecule has 1 aromatic carbocycles. The first-order chi connectivity index (χ1) is 6.75. The zero-order valence-corrected chi connectivity index (χ0v) is 7.40. The summed E-state index contributed by atoms with van der Waals surface area (Å²) >= 11 is 0. The van der Waals surface area contributed by atoms with Crippen LogP contribution in [-0.4, -0.2) is 17.9 Å². The number of aldehydes is 1. The molecule has 3 heteroatoms. The van der Waals surface area contributed by atoms with Crippen molar-refractivity contribution < 1.29 is 14.4 Å². The van der Waals surface area contributed by atoms with Crippen molar-refractivity contribution in [2.45, 2.75) is 6.42 Å². The molecule has 0 fully saturated rings. The summed E-state index contributed by atoms with van der Waals surface area (Å²) in [6.07, 6.45) is 0.610. The lowest BCUT2D eigenvalue weighted by Gasteiger charge is -1.98. The predicted octanol–water partition coefficient (Wildman–Crippen LogP) is 1.27. The van der Waals surface area contributed by atoms with Gasteiger partial charge in [0.05, 0.1) is 5.92 Å². The average molecular weight is 188 g/mol. The van der Waals surface area contributed by atoms with Crippen molar-refractivity contribution in [3.63, 3.8) is 0 Å². The van der Waals surface area contributed by atoms with E-state index in [-0.39, 0.29) is 18.0 Å². The summed E-state index contributed by atoms with van der Waals surface area (Å²) in [7, 11) is 0. The molecule has 0 aromatic heterocycles. The van der Waals surface area contributed by atoms with E-state index < -0.39 is 5.92 Å². The molecule has 0 N–H and O–H groups in total. The van der Waals surface area contributed by atoms with Gasteiger partial charge in [-0.05, 0) is 0 Å².